The van der Waals surface area contributed by atoms with Crippen LogP contribution in [-0.4, -0.2) is 42.9 Å². The first-order valence-corrected chi connectivity index (χ1v) is 3.70. The van der Waals surface area contributed by atoms with Gasteiger partial charge in [-0.3, -0.25) is 9.69 Å². The zero-order valence-electron chi connectivity index (χ0n) is 7.29. The molecular weight excluding hydrogens is 140 g/mol. The molecule has 0 bridgehead atoms. The molecule has 0 aromatic rings. The number of hydrogen-bond donors (Lipinski definition) is 0. The zero-order valence-corrected chi connectivity index (χ0v) is 7.29. The molecular formula is C8H14N2O. The maximum Gasteiger partial charge on any atom is 0.158 e. The summed E-state index contributed by atoms with van der Waals surface area (Å²) in [4.78, 5) is 15.1. The number of likely N-dealkylation sites (N-methyl/N-ethyl adjacent to an activating group) is 1. The van der Waals surface area contributed by atoms with Crippen LogP contribution in [0.25, 0.3) is 0 Å². The number of nitrogens with zero attached hydrogens (tertiary/aromatic N) is 2. The van der Waals surface area contributed by atoms with Crippen LogP contribution in [0.2, 0.25) is 0 Å². The predicted molar refractivity (Wildman–Crippen MR) is 44.0 cm³/mol. The monoisotopic (exact) mass is 154 g/mol. The van der Waals surface area contributed by atoms with Gasteiger partial charge in [0.2, 0.25) is 0 Å². The lowest BCUT2D eigenvalue weighted by atomic mass is 10.1. The van der Waals surface area contributed by atoms with Crippen molar-refractivity contribution in [1.82, 2.24) is 9.80 Å². The zero-order chi connectivity index (χ0) is 8.43. The standard InChI is InChI=1S/C8H14N2O/c1-7(11)8-4-9(2)6-10(3)5-8/h4H,5-6H2,1-3H3. The lowest BCUT2D eigenvalue weighted by molar-refractivity contribution is -0.114. The second-order valence-corrected chi connectivity index (χ2v) is 3.12. The van der Waals surface area contributed by atoms with Crippen LogP contribution in [0.15, 0.2) is 11.8 Å². The van der Waals surface area contributed by atoms with E-state index in [1.165, 1.54) is 0 Å². The van der Waals surface area contributed by atoms with Crippen LogP contribution in [-0.2, 0) is 4.79 Å². The molecule has 1 rings (SSSR count). The quantitative estimate of drug-likeness (QED) is 0.542. The normalized spacial score (nSPS) is 19.9. The van der Waals surface area contributed by atoms with Crippen LogP contribution in [0.3, 0.4) is 0 Å². The van der Waals surface area contributed by atoms with Gasteiger partial charge in [0.15, 0.2) is 5.78 Å². The van der Waals surface area contributed by atoms with Gasteiger partial charge >= 0.3 is 0 Å². The van der Waals surface area contributed by atoms with Gasteiger partial charge in [0, 0.05) is 25.4 Å². The van der Waals surface area contributed by atoms with E-state index in [1.54, 1.807) is 6.92 Å². The summed E-state index contributed by atoms with van der Waals surface area (Å²) < 4.78 is 0. The molecule has 3 nitrogen and oxygen atoms in total. The van der Waals surface area contributed by atoms with Crippen molar-refractivity contribution in [3.05, 3.63) is 11.8 Å². The highest BCUT2D eigenvalue weighted by Gasteiger charge is 2.14. The van der Waals surface area contributed by atoms with Gasteiger partial charge in [-0.2, -0.15) is 0 Å². The average molecular weight is 154 g/mol. The molecule has 0 unspecified atom stereocenters. The molecule has 0 saturated heterocycles. The number of ketones is 1. The largest absolute Gasteiger partial charge is 0.367 e. The number of carbonyl (C=O) groups excluding carboxylic acids is 1. The Labute approximate surface area is 67.3 Å². The third kappa shape index (κ3) is 2.05. The first-order chi connectivity index (χ1) is 5.09. The van der Waals surface area contributed by atoms with E-state index in [2.05, 4.69) is 4.90 Å². The van der Waals surface area contributed by atoms with Gasteiger partial charge < -0.3 is 4.90 Å². The number of hydrogen-bond acceptors (Lipinski definition) is 3. The highest BCUT2D eigenvalue weighted by molar-refractivity contribution is 5.93. The van der Waals surface area contributed by atoms with E-state index in [4.69, 9.17) is 0 Å². The Balaban J connectivity index is 2.72. The summed E-state index contributed by atoms with van der Waals surface area (Å²) in [6, 6.07) is 0. The summed E-state index contributed by atoms with van der Waals surface area (Å²) in [7, 11) is 3.98. The molecule has 0 aliphatic carbocycles. The molecule has 1 aliphatic heterocycles. The van der Waals surface area contributed by atoms with E-state index in [0.717, 1.165) is 18.8 Å². The van der Waals surface area contributed by atoms with Gasteiger partial charge in [-0.05, 0) is 14.0 Å². The van der Waals surface area contributed by atoms with Crippen LogP contribution in [0, 0.1) is 0 Å². The summed E-state index contributed by atoms with van der Waals surface area (Å²) in [5, 5.41) is 0. The first-order valence-electron chi connectivity index (χ1n) is 3.70. The van der Waals surface area contributed by atoms with Crippen molar-refractivity contribution in [1.29, 1.82) is 0 Å². The molecule has 11 heavy (non-hydrogen) atoms. The average Bonchev–Trinajstić information content (AvgIpc) is 1.85. The minimum atomic E-state index is 0.170. The maximum atomic E-state index is 11.0. The molecule has 1 aliphatic rings. The Morgan fingerprint density at radius 2 is 2.18 bits per heavy atom. The lowest BCUT2D eigenvalue weighted by Gasteiger charge is -2.29. The van der Waals surface area contributed by atoms with Crippen molar-refractivity contribution in [3.8, 4) is 0 Å². The molecule has 0 aromatic carbocycles. The topological polar surface area (TPSA) is 23.6 Å². The Kier molecular flexibility index (Phi) is 2.29. The van der Waals surface area contributed by atoms with Crippen molar-refractivity contribution >= 4 is 5.78 Å². The molecule has 0 saturated carbocycles. The molecule has 0 aromatic heterocycles. The summed E-state index contributed by atoms with van der Waals surface area (Å²) in [6.07, 6.45) is 1.92. The van der Waals surface area contributed by atoms with Crippen LogP contribution >= 0.6 is 0 Å². The fourth-order valence-electron chi connectivity index (χ4n) is 1.27. The van der Waals surface area contributed by atoms with Gasteiger partial charge in [0.1, 0.15) is 0 Å². The molecule has 0 spiro atoms. The summed E-state index contributed by atoms with van der Waals surface area (Å²) in [6.45, 7) is 3.29. The van der Waals surface area contributed by atoms with E-state index >= 15 is 0 Å². The highest BCUT2D eigenvalue weighted by atomic mass is 16.1. The maximum absolute atomic E-state index is 11.0. The van der Waals surface area contributed by atoms with Crippen molar-refractivity contribution in [2.24, 2.45) is 0 Å². The highest BCUT2D eigenvalue weighted by Crippen LogP contribution is 2.07. The Hall–Kier alpha value is -0.830. The van der Waals surface area contributed by atoms with Crippen molar-refractivity contribution < 1.29 is 4.79 Å². The fraction of sp³-hybridized carbons (Fsp3) is 0.625. The molecule has 0 fully saturated rings. The molecule has 0 radical (unpaired) electrons. The number of Topliss-reactive ketones (excluding diaryl/α,β-unsaturated/α-hetero) is 1. The van der Waals surface area contributed by atoms with Crippen molar-refractivity contribution in [3.63, 3.8) is 0 Å². The van der Waals surface area contributed by atoms with Crippen LogP contribution in [0.5, 0.6) is 0 Å². The van der Waals surface area contributed by atoms with Crippen LogP contribution in [0.4, 0.5) is 0 Å². The van der Waals surface area contributed by atoms with Gasteiger partial charge in [-0.15, -0.1) is 0 Å². The van der Waals surface area contributed by atoms with Crippen LogP contribution < -0.4 is 0 Å². The van der Waals surface area contributed by atoms with E-state index in [0.29, 0.717) is 0 Å². The lowest BCUT2D eigenvalue weighted by Crippen LogP contribution is -2.37. The Morgan fingerprint density at radius 1 is 1.55 bits per heavy atom. The minimum absolute atomic E-state index is 0.170. The molecule has 62 valence electrons. The van der Waals surface area contributed by atoms with Crippen molar-refractivity contribution in [2.75, 3.05) is 27.3 Å². The summed E-state index contributed by atoms with van der Waals surface area (Å²) in [5.41, 5.74) is 0.890. The van der Waals surface area contributed by atoms with Gasteiger partial charge in [-0.25, -0.2) is 0 Å². The number of carbonyl (C=O) groups is 1. The predicted octanol–water partition coefficient (Wildman–Crippen LogP) is 0.294. The third-order valence-electron chi connectivity index (χ3n) is 1.73. The third-order valence-corrected chi connectivity index (χ3v) is 1.73. The van der Waals surface area contributed by atoms with Crippen molar-refractivity contribution in [2.45, 2.75) is 6.92 Å². The van der Waals surface area contributed by atoms with Crippen LogP contribution in [0.1, 0.15) is 6.92 Å². The molecule has 1 heterocycles. The first kappa shape index (κ1) is 8.27. The van der Waals surface area contributed by atoms with Gasteiger partial charge in [0.05, 0.1) is 6.67 Å². The molecule has 0 N–H and O–H groups in total. The smallest absolute Gasteiger partial charge is 0.158 e. The van der Waals surface area contributed by atoms with Gasteiger partial charge in [0.25, 0.3) is 0 Å². The minimum Gasteiger partial charge on any atom is -0.367 e. The fourth-order valence-corrected chi connectivity index (χ4v) is 1.27. The van der Waals surface area contributed by atoms with E-state index in [-0.39, 0.29) is 5.78 Å². The SMILES string of the molecule is CC(=O)C1=CN(C)CN(C)C1. The Morgan fingerprint density at radius 3 is 2.64 bits per heavy atom. The van der Waals surface area contributed by atoms with E-state index in [9.17, 15) is 4.79 Å². The number of rotatable bonds is 1. The molecule has 0 amide bonds. The molecule has 3 heteroatoms. The van der Waals surface area contributed by atoms with Gasteiger partial charge in [-0.1, -0.05) is 0 Å². The summed E-state index contributed by atoms with van der Waals surface area (Å²) in [5.74, 6) is 0.170. The Bertz CT molecular complexity index is 198. The second kappa shape index (κ2) is 3.05. The second-order valence-electron chi connectivity index (χ2n) is 3.12. The summed E-state index contributed by atoms with van der Waals surface area (Å²) >= 11 is 0. The van der Waals surface area contributed by atoms with E-state index in [1.807, 2.05) is 25.2 Å². The molecule has 0 atom stereocenters. The van der Waals surface area contributed by atoms with E-state index < -0.39 is 0 Å².